The molecule has 110 valence electrons. The van der Waals surface area contributed by atoms with E-state index in [1.165, 1.54) is 18.2 Å². The van der Waals surface area contributed by atoms with Crippen LogP contribution in [0.15, 0.2) is 27.4 Å². The molecule has 6 nitrogen and oxygen atoms in total. The summed E-state index contributed by atoms with van der Waals surface area (Å²) >= 11 is 0. The molecule has 1 aromatic carbocycles. The summed E-state index contributed by atoms with van der Waals surface area (Å²) in [5.74, 6) is 0.130. The van der Waals surface area contributed by atoms with E-state index in [1.54, 1.807) is 6.92 Å². The fourth-order valence-electron chi connectivity index (χ4n) is 2.24. The summed E-state index contributed by atoms with van der Waals surface area (Å²) in [6, 6.07) is 2.60. The van der Waals surface area contributed by atoms with Crippen molar-refractivity contribution in [2.75, 3.05) is 6.61 Å². The minimum Gasteiger partial charge on any atom is -0.506 e. The fraction of sp³-hybridized carbons (Fsp3) is 0.267. The largest absolute Gasteiger partial charge is 0.506 e. The summed E-state index contributed by atoms with van der Waals surface area (Å²) in [7, 11) is 0. The number of phenols is 1. The van der Waals surface area contributed by atoms with Crippen molar-refractivity contribution in [2.45, 2.75) is 19.1 Å². The van der Waals surface area contributed by atoms with Gasteiger partial charge in [0, 0.05) is 12.1 Å². The molecular formula is C15H14O6. The molecule has 1 aliphatic rings. The molecule has 0 aliphatic carbocycles. The number of aliphatic hydroxyl groups excluding tert-OH is 1. The molecule has 1 aliphatic heterocycles. The molecule has 0 radical (unpaired) electrons. The molecule has 1 atom stereocenters. The van der Waals surface area contributed by atoms with Gasteiger partial charge in [0.25, 0.3) is 0 Å². The van der Waals surface area contributed by atoms with Crippen LogP contribution in [0, 0.1) is 0 Å². The fourth-order valence-corrected chi connectivity index (χ4v) is 2.24. The molecule has 2 heterocycles. The summed E-state index contributed by atoms with van der Waals surface area (Å²) in [5.41, 5.74) is -1.20. The number of ether oxygens (including phenoxy) is 1. The van der Waals surface area contributed by atoms with Crippen molar-refractivity contribution in [3.05, 3.63) is 39.8 Å². The number of fused-ring (bicyclic) bond motifs is 2. The van der Waals surface area contributed by atoms with Crippen molar-refractivity contribution in [2.24, 2.45) is 0 Å². The lowest BCUT2D eigenvalue weighted by atomic mass is 10.0. The van der Waals surface area contributed by atoms with Gasteiger partial charge in [0.05, 0.1) is 5.56 Å². The smallest absolute Gasteiger partial charge is 0.196 e. The van der Waals surface area contributed by atoms with Crippen LogP contribution >= 0.6 is 0 Å². The highest BCUT2D eigenvalue weighted by atomic mass is 16.5. The third kappa shape index (κ3) is 2.28. The molecule has 2 aromatic rings. The maximum absolute atomic E-state index is 12.0. The van der Waals surface area contributed by atoms with Gasteiger partial charge in [0.15, 0.2) is 5.43 Å². The third-order valence-electron chi connectivity index (χ3n) is 3.33. The monoisotopic (exact) mass is 290 g/mol. The Morgan fingerprint density at radius 2 is 2.14 bits per heavy atom. The minimum absolute atomic E-state index is 0.00533. The maximum Gasteiger partial charge on any atom is 0.196 e. The van der Waals surface area contributed by atoms with Crippen molar-refractivity contribution in [3.8, 4) is 11.5 Å². The summed E-state index contributed by atoms with van der Waals surface area (Å²) in [5, 5.41) is 29.4. The number of phenolic OH excluding ortho intramolecular Hbond substituents is 1. The zero-order valence-electron chi connectivity index (χ0n) is 11.3. The number of rotatable bonds is 1. The lowest BCUT2D eigenvalue weighted by Crippen LogP contribution is -2.28. The molecule has 3 rings (SSSR count). The highest BCUT2D eigenvalue weighted by Gasteiger charge is 2.25. The third-order valence-corrected chi connectivity index (χ3v) is 3.33. The van der Waals surface area contributed by atoms with Gasteiger partial charge in [-0.25, -0.2) is 0 Å². The first-order valence-corrected chi connectivity index (χ1v) is 6.39. The van der Waals surface area contributed by atoms with E-state index in [1.807, 2.05) is 0 Å². The van der Waals surface area contributed by atoms with Gasteiger partial charge in [-0.1, -0.05) is 0 Å². The second kappa shape index (κ2) is 4.61. The van der Waals surface area contributed by atoms with Gasteiger partial charge >= 0.3 is 0 Å². The number of aliphatic hydroxyl groups is 2. The topological polar surface area (TPSA) is 100 Å². The highest BCUT2D eigenvalue weighted by Crippen LogP contribution is 2.38. The molecule has 0 fully saturated rings. The molecule has 3 N–H and O–H groups in total. The Hall–Kier alpha value is -2.31. The number of hydrogen-bond acceptors (Lipinski definition) is 6. The van der Waals surface area contributed by atoms with Gasteiger partial charge in [-0.05, 0) is 19.1 Å². The molecule has 1 aromatic heterocycles. The van der Waals surface area contributed by atoms with E-state index < -0.39 is 17.6 Å². The van der Waals surface area contributed by atoms with Crippen molar-refractivity contribution in [1.29, 1.82) is 0 Å². The lowest BCUT2D eigenvalue weighted by molar-refractivity contribution is 0.0565. The Morgan fingerprint density at radius 1 is 1.38 bits per heavy atom. The van der Waals surface area contributed by atoms with Crippen LogP contribution in [0.4, 0.5) is 0 Å². The predicted molar refractivity (Wildman–Crippen MR) is 75.2 cm³/mol. The van der Waals surface area contributed by atoms with Crippen LogP contribution in [-0.2, 0) is 6.61 Å². The quantitative estimate of drug-likeness (QED) is 0.728. The first kappa shape index (κ1) is 13.7. The van der Waals surface area contributed by atoms with Crippen LogP contribution in [-0.4, -0.2) is 27.5 Å². The van der Waals surface area contributed by atoms with E-state index >= 15 is 0 Å². The molecule has 0 amide bonds. The number of aromatic hydroxyl groups is 1. The van der Waals surface area contributed by atoms with Gasteiger partial charge < -0.3 is 24.5 Å². The van der Waals surface area contributed by atoms with Gasteiger partial charge in [-0.2, -0.15) is 0 Å². The SMILES string of the molecule is C[C@]1(O)C=Cc2c(cc3oc(CO)cc(=O)c3c2O)OC1. The predicted octanol–water partition coefficient (Wildman–Crippen LogP) is 1.15. The van der Waals surface area contributed by atoms with E-state index in [0.717, 1.165) is 6.07 Å². The molecule has 0 bridgehead atoms. The maximum atomic E-state index is 12.0. The Morgan fingerprint density at radius 3 is 2.86 bits per heavy atom. The zero-order chi connectivity index (χ0) is 15.2. The number of hydrogen-bond donors (Lipinski definition) is 3. The van der Waals surface area contributed by atoms with Crippen molar-refractivity contribution >= 4 is 17.0 Å². The second-order valence-corrected chi connectivity index (χ2v) is 5.22. The molecule has 0 unspecified atom stereocenters. The normalized spacial score (nSPS) is 20.9. The summed E-state index contributed by atoms with van der Waals surface area (Å²) in [6.07, 6.45) is 3.00. The first-order chi connectivity index (χ1) is 9.91. The van der Waals surface area contributed by atoms with E-state index in [2.05, 4.69) is 0 Å². The van der Waals surface area contributed by atoms with Crippen molar-refractivity contribution in [3.63, 3.8) is 0 Å². The second-order valence-electron chi connectivity index (χ2n) is 5.22. The molecule has 0 saturated carbocycles. The van der Waals surface area contributed by atoms with E-state index in [0.29, 0.717) is 11.3 Å². The Balaban J connectivity index is 2.32. The highest BCUT2D eigenvalue weighted by molar-refractivity contribution is 5.90. The standard InChI is InChI=1S/C15H14O6/c1-15(19)3-2-9-11(20-7-15)5-12-13(14(9)18)10(17)4-8(6-16)21-12/h2-5,16,18-19H,6-7H2,1H3/t15-/m0/s1. The molecule has 0 spiro atoms. The minimum atomic E-state index is -1.18. The van der Waals surface area contributed by atoms with Gasteiger partial charge in [-0.3, -0.25) is 4.79 Å². The number of benzene rings is 1. The van der Waals surface area contributed by atoms with Crippen LogP contribution in [0.3, 0.4) is 0 Å². The van der Waals surface area contributed by atoms with Gasteiger partial charge in [0.1, 0.15) is 47.0 Å². The lowest BCUT2D eigenvalue weighted by Gasteiger charge is -2.17. The van der Waals surface area contributed by atoms with Crippen LogP contribution < -0.4 is 10.2 Å². The zero-order valence-corrected chi connectivity index (χ0v) is 11.3. The summed E-state index contributed by atoms with van der Waals surface area (Å²) < 4.78 is 10.8. The van der Waals surface area contributed by atoms with E-state index in [4.69, 9.17) is 14.3 Å². The van der Waals surface area contributed by atoms with E-state index in [9.17, 15) is 15.0 Å². The Bertz CT molecular complexity index is 800. The molecule has 21 heavy (non-hydrogen) atoms. The molecule has 6 heteroatoms. The van der Waals surface area contributed by atoms with Crippen LogP contribution in [0.5, 0.6) is 11.5 Å². The molecule has 0 saturated heterocycles. The van der Waals surface area contributed by atoms with Gasteiger partial charge in [0.2, 0.25) is 0 Å². The van der Waals surface area contributed by atoms with Crippen LogP contribution in [0.2, 0.25) is 0 Å². The summed E-state index contributed by atoms with van der Waals surface area (Å²) in [4.78, 5) is 12.0. The Labute approximate surface area is 119 Å². The first-order valence-electron chi connectivity index (χ1n) is 6.39. The van der Waals surface area contributed by atoms with Crippen molar-refractivity contribution in [1.82, 2.24) is 0 Å². The van der Waals surface area contributed by atoms with Gasteiger partial charge in [-0.15, -0.1) is 0 Å². The van der Waals surface area contributed by atoms with Crippen molar-refractivity contribution < 1.29 is 24.5 Å². The molecular weight excluding hydrogens is 276 g/mol. The van der Waals surface area contributed by atoms with Crippen LogP contribution in [0.1, 0.15) is 18.2 Å². The average molecular weight is 290 g/mol. The van der Waals surface area contributed by atoms with E-state index in [-0.39, 0.29) is 29.1 Å². The Kier molecular flexibility index (Phi) is 3.00. The van der Waals surface area contributed by atoms with Crippen LogP contribution in [0.25, 0.3) is 17.0 Å². The summed E-state index contributed by atoms with van der Waals surface area (Å²) in [6.45, 7) is 1.16. The average Bonchev–Trinajstić information content (AvgIpc) is 2.57.